The van der Waals surface area contributed by atoms with Gasteiger partial charge < -0.3 is 10.0 Å². The van der Waals surface area contributed by atoms with E-state index in [0.29, 0.717) is 18.1 Å². The maximum absolute atomic E-state index is 13.1. The molecule has 148 valence electrons. The smallest absolute Gasteiger partial charge is 0.335 e. The summed E-state index contributed by atoms with van der Waals surface area (Å²) >= 11 is 1.51. The van der Waals surface area contributed by atoms with Crippen LogP contribution in [0, 0.1) is 0 Å². The van der Waals surface area contributed by atoms with Crippen LogP contribution in [0.1, 0.15) is 35.7 Å². The number of aromatic carboxylic acids is 1. The number of rotatable bonds is 6. The number of carboxylic acid groups (broad SMARTS) is 1. The number of carboxylic acids is 1. The molecule has 0 aliphatic carbocycles. The van der Waals surface area contributed by atoms with Crippen LogP contribution in [0.3, 0.4) is 0 Å². The monoisotopic (exact) mass is 409 g/mol. The largest absolute Gasteiger partial charge is 0.478 e. The molecule has 0 spiro atoms. The summed E-state index contributed by atoms with van der Waals surface area (Å²) in [7, 11) is 0. The van der Waals surface area contributed by atoms with Crippen LogP contribution in [-0.4, -0.2) is 42.9 Å². The van der Waals surface area contributed by atoms with Gasteiger partial charge in [0.05, 0.1) is 23.0 Å². The lowest BCUT2D eigenvalue weighted by Gasteiger charge is -2.34. The number of carbonyl (C=O) groups is 2. The molecule has 1 amide bonds. The molecule has 1 aromatic heterocycles. The normalized spacial score (nSPS) is 16.0. The first-order valence-electron chi connectivity index (χ1n) is 9.25. The minimum Gasteiger partial charge on any atom is -0.478 e. The summed E-state index contributed by atoms with van der Waals surface area (Å²) in [5, 5.41) is 23.1. The number of tetrazole rings is 1. The van der Waals surface area contributed by atoms with Crippen molar-refractivity contribution in [2.24, 2.45) is 0 Å². The molecule has 29 heavy (non-hydrogen) atoms. The Morgan fingerprint density at radius 2 is 2.03 bits per heavy atom. The van der Waals surface area contributed by atoms with Crippen molar-refractivity contribution >= 4 is 29.3 Å². The zero-order valence-corrected chi connectivity index (χ0v) is 16.5. The molecule has 0 fully saturated rings. The van der Waals surface area contributed by atoms with Gasteiger partial charge >= 0.3 is 5.97 Å². The van der Waals surface area contributed by atoms with E-state index < -0.39 is 5.97 Å². The van der Waals surface area contributed by atoms with Gasteiger partial charge in [-0.1, -0.05) is 37.6 Å². The molecule has 0 saturated heterocycles. The fourth-order valence-electron chi connectivity index (χ4n) is 3.29. The molecule has 2 N–H and O–H groups in total. The first-order valence-corrected chi connectivity index (χ1v) is 10.1. The van der Waals surface area contributed by atoms with Crippen molar-refractivity contribution < 1.29 is 14.7 Å². The summed E-state index contributed by atoms with van der Waals surface area (Å²) in [6.07, 6.45) is 1.68. The third kappa shape index (κ3) is 3.86. The standard InChI is InChI=1S/C20H19N5O3S/c1-2-3-17-19(26)25(15-10-14(20(27)28)8-9-16(15)29-17)11-12-4-6-13(7-5-12)18-21-23-24-22-18/h4-10,17H,2-3,11H2,1H3,(H,27,28)(H,21,22,23,24). The van der Waals surface area contributed by atoms with E-state index >= 15 is 0 Å². The fourth-order valence-corrected chi connectivity index (χ4v) is 4.62. The van der Waals surface area contributed by atoms with E-state index in [9.17, 15) is 14.7 Å². The SMILES string of the molecule is CCCC1Sc2ccc(C(=O)O)cc2N(Cc2ccc(-c3nn[nH]n3)cc2)C1=O. The van der Waals surface area contributed by atoms with Gasteiger partial charge in [-0.15, -0.1) is 22.0 Å². The fraction of sp³-hybridized carbons (Fsp3) is 0.250. The van der Waals surface area contributed by atoms with Gasteiger partial charge in [-0.05, 0) is 35.4 Å². The third-order valence-electron chi connectivity index (χ3n) is 4.76. The zero-order valence-electron chi connectivity index (χ0n) is 15.7. The highest BCUT2D eigenvalue weighted by atomic mass is 32.2. The predicted molar refractivity (Wildman–Crippen MR) is 109 cm³/mol. The average Bonchev–Trinajstić information content (AvgIpc) is 3.26. The van der Waals surface area contributed by atoms with Crippen molar-refractivity contribution in [2.75, 3.05) is 4.90 Å². The second-order valence-electron chi connectivity index (χ2n) is 6.74. The van der Waals surface area contributed by atoms with Gasteiger partial charge in [-0.25, -0.2) is 4.79 Å². The Kier molecular flexibility index (Phi) is 5.30. The molecule has 8 nitrogen and oxygen atoms in total. The second-order valence-corrected chi connectivity index (χ2v) is 7.98. The van der Waals surface area contributed by atoms with Crippen LogP contribution >= 0.6 is 11.8 Å². The number of nitrogens with zero attached hydrogens (tertiary/aromatic N) is 4. The lowest BCUT2D eigenvalue weighted by molar-refractivity contribution is -0.118. The van der Waals surface area contributed by atoms with E-state index in [1.54, 1.807) is 23.1 Å². The summed E-state index contributed by atoms with van der Waals surface area (Å²) in [5.41, 5.74) is 2.57. The number of fused-ring (bicyclic) bond motifs is 1. The average molecular weight is 409 g/mol. The predicted octanol–water partition coefficient (Wildman–Crippen LogP) is 3.37. The maximum Gasteiger partial charge on any atom is 0.335 e. The topological polar surface area (TPSA) is 112 Å². The quantitative estimate of drug-likeness (QED) is 0.642. The molecule has 1 atom stereocenters. The van der Waals surface area contributed by atoms with Crippen molar-refractivity contribution in [3.05, 3.63) is 53.6 Å². The van der Waals surface area contributed by atoms with Gasteiger partial charge in [0.15, 0.2) is 0 Å². The number of amides is 1. The number of hydrogen-bond donors (Lipinski definition) is 2. The number of H-pyrrole nitrogens is 1. The van der Waals surface area contributed by atoms with E-state index in [-0.39, 0.29) is 16.7 Å². The number of nitrogens with one attached hydrogen (secondary N) is 1. The molecule has 0 saturated carbocycles. The Bertz CT molecular complexity index is 1040. The number of aromatic nitrogens is 4. The van der Waals surface area contributed by atoms with Gasteiger partial charge in [0.2, 0.25) is 11.7 Å². The van der Waals surface area contributed by atoms with Gasteiger partial charge in [-0.3, -0.25) is 4.79 Å². The van der Waals surface area contributed by atoms with Crippen molar-refractivity contribution in [3.8, 4) is 11.4 Å². The molecular weight excluding hydrogens is 390 g/mol. The Balaban J connectivity index is 1.66. The number of carbonyl (C=O) groups excluding carboxylic acids is 1. The number of anilines is 1. The summed E-state index contributed by atoms with van der Waals surface area (Å²) in [4.78, 5) is 27.2. The summed E-state index contributed by atoms with van der Waals surface area (Å²) in [6.45, 7) is 2.42. The minimum absolute atomic E-state index is 0.00846. The van der Waals surface area contributed by atoms with Crippen LogP contribution in [-0.2, 0) is 11.3 Å². The van der Waals surface area contributed by atoms with E-state index in [0.717, 1.165) is 28.9 Å². The van der Waals surface area contributed by atoms with Crippen LogP contribution in [0.4, 0.5) is 5.69 Å². The maximum atomic E-state index is 13.1. The van der Waals surface area contributed by atoms with E-state index in [1.165, 1.54) is 11.8 Å². The number of hydrogen-bond acceptors (Lipinski definition) is 6. The van der Waals surface area contributed by atoms with Crippen molar-refractivity contribution in [3.63, 3.8) is 0 Å². The molecule has 1 aliphatic heterocycles. The van der Waals surface area contributed by atoms with E-state index in [2.05, 4.69) is 27.5 Å². The second kappa shape index (κ2) is 8.04. The van der Waals surface area contributed by atoms with Crippen LogP contribution in [0.2, 0.25) is 0 Å². The highest BCUT2D eigenvalue weighted by molar-refractivity contribution is 8.01. The van der Waals surface area contributed by atoms with Crippen molar-refractivity contribution in [1.29, 1.82) is 0 Å². The summed E-state index contributed by atoms with van der Waals surface area (Å²) in [5.74, 6) is -0.499. The molecule has 0 radical (unpaired) electrons. The van der Waals surface area contributed by atoms with Crippen LogP contribution in [0.5, 0.6) is 0 Å². The highest BCUT2D eigenvalue weighted by Gasteiger charge is 2.33. The first-order chi connectivity index (χ1) is 14.1. The zero-order chi connectivity index (χ0) is 20.4. The van der Waals surface area contributed by atoms with Gasteiger partial charge in [-0.2, -0.15) is 5.21 Å². The molecule has 4 rings (SSSR count). The Labute approximate surface area is 171 Å². The number of thioether (sulfide) groups is 1. The van der Waals surface area contributed by atoms with Crippen molar-refractivity contribution in [1.82, 2.24) is 20.6 Å². The number of aromatic amines is 1. The van der Waals surface area contributed by atoms with Gasteiger partial charge in [0, 0.05) is 10.5 Å². The number of benzene rings is 2. The molecule has 9 heteroatoms. The van der Waals surface area contributed by atoms with Crippen LogP contribution in [0.25, 0.3) is 11.4 Å². The summed E-state index contributed by atoms with van der Waals surface area (Å²) in [6, 6.07) is 12.5. The molecule has 1 unspecified atom stereocenters. The van der Waals surface area contributed by atoms with Crippen molar-refractivity contribution in [2.45, 2.75) is 36.5 Å². The molecule has 2 aromatic carbocycles. The Hall–Kier alpha value is -3.20. The molecule has 3 aromatic rings. The first kappa shape index (κ1) is 19.1. The van der Waals surface area contributed by atoms with Crippen LogP contribution in [0.15, 0.2) is 47.4 Å². The highest BCUT2D eigenvalue weighted by Crippen LogP contribution is 2.42. The lowest BCUT2D eigenvalue weighted by atomic mass is 10.1. The molecule has 0 bridgehead atoms. The van der Waals surface area contributed by atoms with E-state index in [4.69, 9.17) is 0 Å². The van der Waals surface area contributed by atoms with Gasteiger partial charge in [0.1, 0.15) is 0 Å². The van der Waals surface area contributed by atoms with Gasteiger partial charge in [0.25, 0.3) is 0 Å². The van der Waals surface area contributed by atoms with E-state index in [1.807, 2.05) is 24.3 Å². The lowest BCUT2D eigenvalue weighted by Crippen LogP contribution is -2.40. The molecule has 1 aliphatic rings. The minimum atomic E-state index is -1.01. The Morgan fingerprint density at radius 3 is 2.69 bits per heavy atom. The molecule has 2 heterocycles. The van der Waals surface area contributed by atoms with Crippen LogP contribution < -0.4 is 4.90 Å². The third-order valence-corrected chi connectivity index (χ3v) is 6.08. The summed E-state index contributed by atoms with van der Waals surface area (Å²) < 4.78 is 0. The molecular formula is C20H19N5O3S. The Morgan fingerprint density at radius 1 is 1.24 bits per heavy atom.